The molecule has 22 heavy (non-hydrogen) atoms. The van der Waals surface area contributed by atoms with E-state index in [1.807, 2.05) is 12.1 Å². The van der Waals surface area contributed by atoms with Crippen molar-refractivity contribution in [2.45, 2.75) is 37.6 Å². The highest BCUT2D eigenvalue weighted by Crippen LogP contribution is 2.51. The zero-order chi connectivity index (χ0) is 15.6. The SMILES string of the molecule is CC(NC(=O)Cc1cccnc1)C1(c2ccc(Br)cc2)CC1. The third kappa shape index (κ3) is 3.22. The Morgan fingerprint density at radius 2 is 2.05 bits per heavy atom. The summed E-state index contributed by atoms with van der Waals surface area (Å²) in [5, 5.41) is 3.17. The smallest absolute Gasteiger partial charge is 0.224 e. The van der Waals surface area contributed by atoms with Gasteiger partial charge in [-0.2, -0.15) is 0 Å². The van der Waals surface area contributed by atoms with Crippen molar-refractivity contribution in [3.63, 3.8) is 0 Å². The van der Waals surface area contributed by atoms with Gasteiger partial charge in [-0.05, 0) is 49.1 Å². The van der Waals surface area contributed by atoms with Crippen LogP contribution in [0.2, 0.25) is 0 Å². The number of rotatable bonds is 5. The number of carbonyl (C=O) groups excluding carboxylic acids is 1. The van der Waals surface area contributed by atoms with Gasteiger partial charge in [0.2, 0.25) is 5.91 Å². The molecule has 1 saturated carbocycles. The summed E-state index contributed by atoms with van der Waals surface area (Å²) >= 11 is 3.47. The lowest BCUT2D eigenvalue weighted by Crippen LogP contribution is -2.42. The lowest BCUT2D eigenvalue weighted by Gasteiger charge is -2.25. The molecule has 1 N–H and O–H groups in total. The van der Waals surface area contributed by atoms with Crippen molar-refractivity contribution in [1.29, 1.82) is 0 Å². The van der Waals surface area contributed by atoms with E-state index in [-0.39, 0.29) is 17.4 Å². The predicted molar refractivity (Wildman–Crippen MR) is 90.6 cm³/mol. The molecular weight excluding hydrogens is 340 g/mol. The second kappa shape index (κ2) is 6.21. The molecular formula is C18H19BrN2O. The van der Waals surface area contributed by atoms with E-state index in [0.29, 0.717) is 6.42 Å². The zero-order valence-electron chi connectivity index (χ0n) is 12.6. The summed E-state index contributed by atoms with van der Waals surface area (Å²) in [6.45, 7) is 2.11. The van der Waals surface area contributed by atoms with Crippen LogP contribution in [0.3, 0.4) is 0 Å². The number of hydrogen-bond donors (Lipinski definition) is 1. The van der Waals surface area contributed by atoms with Crippen molar-refractivity contribution in [2.75, 3.05) is 0 Å². The van der Waals surface area contributed by atoms with Crippen molar-refractivity contribution in [1.82, 2.24) is 10.3 Å². The summed E-state index contributed by atoms with van der Waals surface area (Å²) in [5.41, 5.74) is 2.36. The van der Waals surface area contributed by atoms with Gasteiger partial charge in [0.05, 0.1) is 6.42 Å². The van der Waals surface area contributed by atoms with Gasteiger partial charge in [0, 0.05) is 28.3 Å². The highest BCUT2D eigenvalue weighted by Gasteiger charge is 2.49. The maximum absolute atomic E-state index is 12.2. The van der Waals surface area contributed by atoms with Crippen molar-refractivity contribution >= 4 is 21.8 Å². The average molecular weight is 359 g/mol. The summed E-state index contributed by atoms with van der Waals surface area (Å²) < 4.78 is 1.08. The molecule has 1 amide bonds. The van der Waals surface area contributed by atoms with Crippen LogP contribution < -0.4 is 5.32 Å². The van der Waals surface area contributed by atoms with Gasteiger partial charge in [0.25, 0.3) is 0 Å². The van der Waals surface area contributed by atoms with Gasteiger partial charge in [-0.3, -0.25) is 9.78 Å². The Balaban J connectivity index is 1.65. The third-order valence-corrected chi connectivity index (χ3v) is 5.03. The third-order valence-electron chi connectivity index (χ3n) is 4.50. The molecule has 4 heteroatoms. The van der Waals surface area contributed by atoms with E-state index in [9.17, 15) is 4.79 Å². The topological polar surface area (TPSA) is 42.0 Å². The molecule has 114 valence electrons. The van der Waals surface area contributed by atoms with Crippen LogP contribution in [0.15, 0.2) is 53.3 Å². The van der Waals surface area contributed by atoms with E-state index >= 15 is 0 Å². The number of nitrogens with one attached hydrogen (secondary N) is 1. The fourth-order valence-electron chi connectivity index (χ4n) is 3.01. The molecule has 0 saturated heterocycles. The molecule has 2 aromatic rings. The number of aromatic nitrogens is 1. The molecule has 1 aromatic carbocycles. The normalized spacial score (nSPS) is 16.8. The fourth-order valence-corrected chi connectivity index (χ4v) is 3.27. The second-order valence-corrected chi connectivity index (χ2v) is 6.91. The molecule has 0 bridgehead atoms. The van der Waals surface area contributed by atoms with Gasteiger partial charge >= 0.3 is 0 Å². The van der Waals surface area contributed by atoms with Crippen LogP contribution >= 0.6 is 15.9 Å². The van der Waals surface area contributed by atoms with Gasteiger partial charge in [-0.25, -0.2) is 0 Å². The van der Waals surface area contributed by atoms with Crippen LogP contribution in [-0.4, -0.2) is 16.9 Å². The van der Waals surface area contributed by atoms with Crippen molar-refractivity contribution in [2.24, 2.45) is 0 Å². The predicted octanol–water partition coefficient (Wildman–Crippen LogP) is 3.62. The Bertz CT molecular complexity index is 651. The van der Waals surface area contributed by atoms with Gasteiger partial charge in [-0.1, -0.05) is 34.1 Å². The Morgan fingerprint density at radius 1 is 1.32 bits per heavy atom. The van der Waals surface area contributed by atoms with Crippen molar-refractivity contribution in [3.8, 4) is 0 Å². The van der Waals surface area contributed by atoms with Crippen LogP contribution in [0.5, 0.6) is 0 Å². The molecule has 1 heterocycles. The summed E-state index contributed by atoms with van der Waals surface area (Å²) in [6, 6.07) is 12.4. The molecule has 1 aromatic heterocycles. The maximum atomic E-state index is 12.2. The van der Waals surface area contributed by atoms with Crippen LogP contribution in [0, 0.1) is 0 Å². The molecule has 3 rings (SSSR count). The van der Waals surface area contributed by atoms with Gasteiger partial charge in [0.15, 0.2) is 0 Å². The van der Waals surface area contributed by atoms with Crippen LogP contribution in [-0.2, 0) is 16.6 Å². The monoisotopic (exact) mass is 358 g/mol. The van der Waals surface area contributed by atoms with Crippen molar-refractivity contribution < 1.29 is 4.79 Å². The molecule has 3 nitrogen and oxygen atoms in total. The lowest BCUT2D eigenvalue weighted by atomic mass is 9.89. The molecule has 1 unspecified atom stereocenters. The second-order valence-electron chi connectivity index (χ2n) is 5.99. The number of hydrogen-bond acceptors (Lipinski definition) is 2. The molecule has 1 fully saturated rings. The average Bonchev–Trinajstić information content (AvgIpc) is 3.30. The zero-order valence-corrected chi connectivity index (χ0v) is 14.1. The van der Waals surface area contributed by atoms with Gasteiger partial charge in [0.1, 0.15) is 0 Å². The molecule has 0 aliphatic heterocycles. The van der Waals surface area contributed by atoms with E-state index in [1.54, 1.807) is 12.4 Å². The van der Waals surface area contributed by atoms with E-state index in [1.165, 1.54) is 5.56 Å². The summed E-state index contributed by atoms with van der Waals surface area (Å²) in [5.74, 6) is 0.0592. The summed E-state index contributed by atoms with van der Waals surface area (Å²) in [7, 11) is 0. The number of nitrogens with zero attached hydrogens (tertiary/aromatic N) is 1. The first-order chi connectivity index (χ1) is 10.6. The summed E-state index contributed by atoms with van der Waals surface area (Å²) in [4.78, 5) is 16.3. The highest BCUT2D eigenvalue weighted by atomic mass is 79.9. The molecule has 0 radical (unpaired) electrons. The summed E-state index contributed by atoms with van der Waals surface area (Å²) in [6.07, 6.45) is 6.10. The lowest BCUT2D eigenvalue weighted by molar-refractivity contribution is -0.121. The number of amides is 1. The number of carbonyl (C=O) groups is 1. The fraction of sp³-hybridized carbons (Fsp3) is 0.333. The van der Waals surface area contributed by atoms with Gasteiger partial charge < -0.3 is 5.32 Å². The Hall–Kier alpha value is -1.68. The largest absolute Gasteiger partial charge is 0.352 e. The minimum absolute atomic E-state index is 0.0592. The number of pyridine rings is 1. The first-order valence-electron chi connectivity index (χ1n) is 7.54. The van der Waals surface area contributed by atoms with E-state index < -0.39 is 0 Å². The standard InChI is InChI=1S/C18H19BrN2O/c1-13(21-17(22)11-14-3-2-10-20-12-14)18(8-9-18)15-4-6-16(19)7-5-15/h2-7,10,12-13H,8-9,11H2,1H3,(H,21,22). The minimum Gasteiger partial charge on any atom is -0.352 e. The molecule has 1 aliphatic rings. The Kier molecular flexibility index (Phi) is 4.30. The van der Waals surface area contributed by atoms with E-state index in [4.69, 9.17) is 0 Å². The molecule has 1 aliphatic carbocycles. The number of halogens is 1. The van der Waals surface area contributed by atoms with Crippen molar-refractivity contribution in [3.05, 3.63) is 64.4 Å². The van der Waals surface area contributed by atoms with Crippen LogP contribution in [0.25, 0.3) is 0 Å². The van der Waals surface area contributed by atoms with Crippen LogP contribution in [0.1, 0.15) is 30.9 Å². The van der Waals surface area contributed by atoms with E-state index in [0.717, 1.165) is 22.9 Å². The van der Waals surface area contributed by atoms with Gasteiger partial charge in [-0.15, -0.1) is 0 Å². The highest BCUT2D eigenvalue weighted by molar-refractivity contribution is 9.10. The quantitative estimate of drug-likeness (QED) is 0.886. The maximum Gasteiger partial charge on any atom is 0.224 e. The molecule has 0 spiro atoms. The number of benzene rings is 1. The first kappa shape index (κ1) is 15.2. The van der Waals surface area contributed by atoms with Crippen LogP contribution in [0.4, 0.5) is 0 Å². The first-order valence-corrected chi connectivity index (χ1v) is 8.34. The Morgan fingerprint density at radius 3 is 2.64 bits per heavy atom. The Labute approximate surface area is 139 Å². The minimum atomic E-state index is 0.0592. The van der Waals surface area contributed by atoms with E-state index in [2.05, 4.69) is 57.4 Å². The molecule has 1 atom stereocenters.